The third-order valence-electron chi connectivity index (χ3n) is 3.60. The first kappa shape index (κ1) is 17.3. The van der Waals surface area contributed by atoms with Gasteiger partial charge in [0, 0.05) is 40.3 Å². The highest BCUT2D eigenvalue weighted by molar-refractivity contribution is 7.84. The molecule has 0 aliphatic carbocycles. The molecule has 2 N–H and O–H groups in total. The highest BCUT2D eigenvalue weighted by Gasteiger charge is 2.18. The van der Waals surface area contributed by atoms with Crippen molar-refractivity contribution in [2.24, 2.45) is 0 Å². The molecule has 0 aliphatic rings. The van der Waals surface area contributed by atoms with Crippen molar-refractivity contribution < 1.29 is 18.2 Å². The fourth-order valence-electron chi connectivity index (χ4n) is 2.38. The number of hydrogen-bond donors (Lipinski definition) is 2. The molecule has 0 unspecified atom stereocenters. The van der Waals surface area contributed by atoms with E-state index in [9.17, 15) is 9.00 Å². The Labute approximate surface area is 138 Å². The van der Waals surface area contributed by atoms with E-state index in [4.69, 9.17) is 9.15 Å². The first-order valence-corrected chi connectivity index (χ1v) is 9.06. The fourth-order valence-corrected chi connectivity index (χ4v) is 2.77. The summed E-state index contributed by atoms with van der Waals surface area (Å²) in [6.45, 7) is 4.19. The number of rotatable bonds is 6. The molecule has 6 nitrogen and oxygen atoms in total. The molecule has 0 saturated carbocycles. The van der Waals surface area contributed by atoms with Gasteiger partial charge in [0.1, 0.15) is 17.1 Å². The van der Waals surface area contributed by atoms with Crippen molar-refractivity contribution in [2.75, 3.05) is 25.7 Å². The van der Waals surface area contributed by atoms with Crippen LogP contribution in [0.25, 0.3) is 11.0 Å². The Morgan fingerprint density at radius 1 is 1.43 bits per heavy atom. The van der Waals surface area contributed by atoms with Gasteiger partial charge in [-0.25, -0.2) is 4.79 Å². The van der Waals surface area contributed by atoms with E-state index in [0.717, 1.165) is 22.3 Å². The molecule has 1 aromatic heterocycles. The molecule has 2 rings (SSSR count). The van der Waals surface area contributed by atoms with Crippen LogP contribution in [0, 0.1) is 6.92 Å². The zero-order valence-corrected chi connectivity index (χ0v) is 14.6. The van der Waals surface area contributed by atoms with Gasteiger partial charge in [-0.15, -0.1) is 0 Å². The Hall–Kier alpha value is -2.02. The monoisotopic (exact) mass is 338 g/mol. The van der Waals surface area contributed by atoms with E-state index in [2.05, 4.69) is 10.6 Å². The number of aryl methyl sites for hydroxylation is 1. The zero-order chi connectivity index (χ0) is 17.0. The summed E-state index contributed by atoms with van der Waals surface area (Å²) in [5.41, 5.74) is 1.73. The molecule has 0 radical (unpaired) electrons. The Balaban J connectivity index is 2.08. The van der Waals surface area contributed by atoms with Crippen LogP contribution in [0.2, 0.25) is 0 Å². The minimum absolute atomic E-state index is 0.277. The molecule has 23 heavy (non-hydrogen) atoms. The first-order valence-electron chi connectivity index (χ1n) is 7.33. The molecule has 1 aromatic carbocycles. The maximum atomic E-state index is 11.9. The van der Waals surface area contributed by atoms with Gasteiger partial charge >= 0.3 is 6.03 Å². The highest BCUT2D eigenvalue weighted by atomic mass is 32.2. The average molecular weight is 338 g/mol. The fraction of sp³-hybridized carbons (Fsp3) is 0.438. The van der Waals surface area contributed by atoms with E-state index in [0.29, 0.717) is 18.1 Å². The molecule has 0 aliphatic heterocycles. The molecule has 2 amide bonds. The molecular weight excluding hydrogens is 316 g/mol. The lowest BCUT2D eigenvalue weighted by atomic mass is 10.1. The normalized spacial score (nSPS) is 13.6. The van der Waals surface area contributed by atoms with Crippen molar-refractivity contribution in [3.05, 3.63) is 29.5 Å². The summed E-state index contributed by atoms with van der Waals surface area (Å²) >= 11 is 0. The Kier molecular flexibility index (Phi) is 5.65. The van der Waals surface area contributed by atoms with Gasteiger partial charge in [-0.05, 0) is 32.0 Å². The number of ether oxygens (including phenoxy) is 1. The van der Waals surface area contributed by atoms with Crippen LogP contribution in [0.15, 0.2) is 22.6 Å². The molecule has 1 heterocycles. The maximum Gasteiger partial charge on any atom is 0.315 e. The number of furan rings is 1. The van der Waals surface area contributed by atoms with Crippen molar-refractivity contribution in [1.82, 2.24) is 10.6 Å². The number of methoxy groups -OCH3 is 1. The van der Waals surface area contributed by atoms with Crippen LogP contribution in [0.1, 0.15) is 24.3 Å². The van der Waals surface area contributed by atoms with Gasteiger partial charge in [0.25, 0.3) is 0 Å². The van der Waals surface area contributed by atoms with Crippen molar-refractivity contribution >= 4 is 27.8 Å². The molecule has 0 saturated heterocycles. The number of nitrogens with one attached hydrogen (secondary N) is 2. The van der Waals surface area contributed by atoms with E-state index < -0.39 is 10.8 Å². The number of carbonyl (C=O) groups is 1. The molecule has 7 heteroatoms. The van der Waals surface area contributed by atoms with Crippen LogP contribution in [0.5, 0.6) is 5.75 Å². The second-order valence-corrected chi connectivity index (χ2v) is 6.91. The Bertz CT molecular complexity index is 726. The van der Waals surface area contributed by atoms with Gasteiger partial charge in [-0.1, -0.05) is 0 Å². The topological polar surface area (TPSA) is 80.6 Å². The summed E-state index contributed by atoms with van der Waals surface area (Å²) in [5, 5.41) is 6.48. The SMILES string of the molecule is COc1ccc2oc([C@@H](C)NC(=O)NCC[S@@](C)=O)c(C)c2c1. The van der Waals surface area contributed by atoms with Gasteiger partial charge in [-0.3, -0.25) is 4.21 Å². The smallest absolute Gasteiger partial charge is 0.315 e. The predicted molar refractivity (Wildman–Crippen MR) is 91.4 cm³/mol. The third kappa shape index (κ3) is 4.25. The predicted octanol–water partition coefficient (Wildman–Crippen LogP) is 2.49. The van der Waals surface area contributed by atoms with E-state index >= 15 is 0 Å². The molecule has 2 aromatic rings. The summed E-state index contributed by atoms with van der Waals surface area (Å²) in [6, 6.07) is 5.03. The van der Waals surface area contributed by atoms with Crippen LogP contribution in [0.3, 0.4) is 0 Å². The highest BCUT2D eigenvalue weighted by Crippen LogP contribution is 2.31. The molecule has 0 spiro atoms. The van der Waals surface area contributed by atoms with Crippen LogP contribution in [-0.4, -0.2) is 35.9 Å². The first-order chi connectivity index (χ1) is 10.9. The van der Waals surface area contributed by atoms with E-state index in [1.54, 1.807) is 13.4 Å². The lowest BCUT2D eigenvalue weighted by Gasteiger charge is -2.13. The summed E-state index contributed by atoms with van der Waals surface area (Å²) in [6.07, 6.45) is 1.61. The number of amides is 2. The van der Waals surface area contributed by atoms with E-state index in [-0.39, 0.29) is 12.1 Å². The van der Waals surface area contributed by atoms with Gasteiger partial charge in [0.15, 0.2) is 0 Å². The average Bonchev–Trinajstić information content (AvgIpc) is 2.83. The largest absolute Gasteiger partial charge is 0.497 e. The van der Waals surface area contributed by atoms with Crippen molar-refractivity contribution in [2.45, 2.75) is 19.9 Å². The molecular formula is C16H22N2O4S. The van der Waals surface area contributed by atoms with Crippen molar-refractivity contribution in [3.63, 3.8) is 0 Å². The van der Waals surface area contributed by atoms with Gasteiger partial charge in [0.05, 0.1) is 13.2 Å². The summed E-state index contributed by atoms with van der Waals surface area (Å²) in [5.74, 6) is 1.91. The van der Waals surface area contributed by atoms with E-state index in [1.165, 1.54) is 0 Å². The quantitative estimate of drug-likeness (QED) is 0.848. The van der Waals surface area contributed by atoms with Crippen LogP contribution < -0.4 is 15.4 Å². The Morgan fingerprint density at radius 2 is 2.17 bits per heavy atom. The van der Waals surface area contributed by atoms with Gasteiger partial charge in [-0.2, -0.15) is 0 Å². The zero-order valence-electron chi connectivity index (χ0n) is 13.8. The lowest BCUT2D eigenvalue weighted by Crippen LogP contribution is -2.38. The van der Waals surface area contributed by atoms with Crippen LogP contribution in [0.4, 0.5) is 4.79 Å². The van der Waals surface area contributed by atoms with Crippen LogP contribution >= 0.6 is 0 Å². The lowest BCUT2D eigenvalue weighted by molar-refractivity contribution is 0.237. The summed E-state index contributed by atoms with van der Waals surface area (Å²) in [7, 11) is 0.699. The van der Waals surface area contributed by atoms with Gasteiger partial charge in [0.2, 0.25) is 0 Å². The third-order valence-corrected chi connectivity index (χ3v) is 4.38. The molecule has 0 bridgehead atoms. The van der Waals surface area contributed by atoms with Crippen LogP contribution in [-0.2, 0) is 10.8 Å². The summed E-state index contributed by atoms with van der Waals surface area (Å²) in [4.78, 5) is 11.9. The maximum absolute atomic E-state index is 11.9. The number of fused-ring (bicyclic) bond motifs is 1. The summed E-state index contributed by atoms with van der Waals surface area (Å²) < 4.78 is 22.1. The van der Waals surface area contributed by atoms with Gasteiger partial charge < -0.3 is 19.8 Å². The number of benzene rings is 1. The van der Waals surface area contributed by atoms with Crippen molar-refractivity contribution in [1.29, 1.82) is 0 Å². The molecule has 0 fully saturated rings. The van der Waals surface area contributed by atoms with E-state index in [1.807, 2.05) is 32.0 Å². The minimum atomic E-state index is -0.921. The second-order valence-electron chi connectivity index (χ2n) is 5.35. The molecule has 126 valence electrons. The minimum Gasteiger partial charge on any atom is -0.497 e. The Morgan fingerprint density at radius 3 is 2.83 bits per heavy atom. The number of urea groups is 1. The second kappa shape index (κ2) is 7.50. The number of carbonyl (C=O) groups excluding carboxylic acids is 1. The van der Waals surface area contributed by atoms with Crippen molar-refractivity contribution in [3.8, 4) is 5.75 Å². The standard InChI is InChI=1S/C16H22N2O4S/c1-10-13-9-12(21-3)5-6-14(13)22-15(10)11(2)18-16(19)17-7-8-23(4)20/h5-6,9,11H,7-8H2,1-4H3,(H2,17,18,19)/t11-,23-/m1/s1. The number of hydrogen-bond acceptors (Lipinski definition) is 4. The molecule has 2 atom stereocenters.